The van der Waals surface area contributed by atoms with Crippen LogP contribution in [0, 0.1) is 0 Å². The van der Waals surface area contributed by atoms with Crippen molar-refractivity contribution in [3.05, 3.63) is 42.4 Å². The van der Waals surface area contributed by atoms with Gasteiger partial charge in [-0.2, -0.15) is 0 Å². The maximum Gasteiger partial charge on any atom is 0.195 e. The highest BCUT2D eigenvalue weighted by molar-refractivity contribution is 7.99. The summed E-state index contributed by atoms with van der Waals surface area (Å²) in [7, 11) is 1.92. The van der Waals surface area contributed by atoms with E-state index < -0.39 is 0 Å². The van der Waals surface area contributed by atoms with E-state index in [0.717, 1.165) is 26.5 Å². The number of pyridine rings is 1. The summed E-state index contributed by atoms with van der Waals surface area (Å²) >= 11 is 1.57. The Morgan fingerprint density at radius 1 is 1.32 bits per heavy atom. The average molecular weight is 271 g/mol. The average Bonchev–Trinajstić information content (AvgIpc) is 2.85. The first-order valence-electron chi connectivity index (χ1n) is 5.88. The fourth-order valence-corrected chi connectivity index (χ4v) is 2.89. The van der Waals surface area contributed by atoms with Gasteiger partial charge in [0.1, 0.15) is 6.33 Å². The maximum atomic E-state index is 5.81. The van der Waals surface area contributed by atoms with Crippen LogP contribution < -0.4 is 5.73 Å². The molecule has 2 heterocycles. The molecule has 0 saturated carbocycles. The Hall–Kier alpha value is -1.92. The molecule has 5 nitrogen and oxygen atoms in total. The molecule has 0 saturated heterocycles. The summed E-state index contributed by atoms with van der Waals surface area (Å²) in [6, 6.07) is 8.04. The lowest BCUT2D eigenvalue weighted by Crippen LogP contribution is -2.01. The predicted octanol–water partition coefficient (Wildman–Crippen LogP) is 1.97. The molecule has 3 aromatic rings. The molecule has 0 aliphatic rings. The third-order valence-electron chi connectivity index (χ3n) is 2.88. The summed E-state index contributed by atoms with van der Waals surface area (Å²) in [5.74, 6) is 0. The second-order valence-corrected chi connectivity index (χ2v) is 5.14. The molecule has 0 amide bonds. The molecule has 0 spiro atoms. The lowest BCUT2D eigenvalue weighted by molar-refractivity contribution is 0.788. The molecule has 0 atom stereocenters. The summed E-state index contributed by atoms with van der Waals surface area (Å²) in [4.78, 5) is 5.53. The van der Waals surface area contributed by atoms with Gasteiger partial charge in [0.05, 0.1) is 5.52 Å². The normalized spacial score (nSPS) is 11.1. The van der Waals surface area contributed by atoms with Crippen LogP contribution in [0.5, 0.6) is 0 Å². The third-order valence-corrected chi connectivity index (χ3v) is 4.12. The standard InChI is InChI=1S/C13H13N5S/c1-18-8-16-17-13(18)19-12-9(6-14)7-15-11-5-3-2-4-10(11)12/h2-5,7-8H,6,14H2,1H3. The fraction of sp³-hybridized carbons (Fsp3) is 0.154. The molecule has 0 unspecified atom stereocenters. The van der Waals surface area contributed by atoms with Gasteiger partial charge >= 0.3 is 0 Å². The Labute approximate surface area is 114 Å². The van der Waals surface area contributed by atoms with E-state index in [-0.39, 0.29) is 0 Å². The number of fused-ring (bicyclic) bond motifs is 1. The Bertz CT molecular complexity index is 722. The van der Waals surface area contributed by atoms with Gasteiger partial charge in [-0.1, -0.05) is 18.2 Å². The van der Waals surface area contributed by atoms with Crippen molar-refractivity contribution in [3.63, 3.8) is 0 Å². The van der Waals surface area contributed by atoms with Gasteiger partial charge in [-0.05, 0) is 23.4 Å². The summed E-state index contributed by atoms with van der Waals surface area (Å²) in [5, 5.41) is 9.94. The van der Waals surface area contributed by atoms with E-state index in [1.165, 1.54) is 0 Å². The molecule has 0 radical (unpaired) electrons. The number of aromatic nitrogens is 4. The van der Waals surface area contributed by atoms with Crippen molar-refractivity contribution < 1.29 is 0 Å². The largest absolute Gasteiger partial charge is 0.326 e. The minimum atomic E-state index is 0.456. The van der Waals surface area contributed by atoms with Crippen LogP contribution in [0.1, 0.15) is 5.56 Å². The van der Waals surface area contributed by atoms with E-state index in [2.05, 4.69) is 21.2 Å². The van der Waals surface area contributed by atoms with E-state index in [9.17, 15) is 0 Å². The van der Waals surface area contributed by atoms with Gasteiger partial charge in [-0.15, -0.1) is 10.2 Å². The predicted molar refractivity (Wildman–Crippen MR) is 74.8 cm³/mol. The van der Waals surface area contributed by atoms with E-state index in [1.807, 2.05) is 36.0 Å². The van der Waals surface area contributed by atoms with Crippen molar-refractivity contribution in [2.75, 3.05) is 0 Å². The van der Waals surface area contributed by atoms with Gasteiger partial charge in [-0.25, -0.2) is 0 Å². The van der Waals surface area contributed by atoms with Crippen molar-refractivity contribution in [1.82, 2.24) is 19.7 Å². The van der Waals surface area contributed by atoms with Crippen LogP contribution >= 0.6 is 11.8 Å². The van der Waals surface area contributed by atoms with Gasteiger partial charge in [0.25, 0.3) is 0 Å². The topological polar surface area (TPSA) is 69.6 Å². The maximum absolute atomic E-state index is 5.81. The highest BCUT2D eigenvalue weighted by atomic mass is 32.2. The lowest BCUT2D eigenvalue weighted by atomic mass is 10.1. The summed E-state index contributed by atoms with van der Waals surface area (Å²) in [6.07, 6.45) is 3.52. The van der Waals surface area contributed by atoms with Crippen LogP contribution in [-0.2, 0) is 13.6 Å². The number of aryl methyl sites for hydroxylation is 1. The van der Waals surface area contributed by atoms with Crippen LogP contribution in [-0.4, -0.2) is 19.7 Å². The smallest absolute Gasteiger partial charge is 0.195 e. The molecule has 6 heteroatoms. The molecule has 3 rings (SSSR count). The van der Waals surface area contributed by atoms with Gasteiger partial charge in [0.15, 0.2) is 5.16 Å². The molecular formula is C13H13N5S. The minimum absolute atomic E-state index is 0.456. The van der Waals surface area contributed by atoms with Crippen molar-refractivity contribution in [3.8, 4) is 0 Å². The number of nitrogens with zero attached hydrogens (tertiary/aromatic N) is 4. The minimum Gasteiger partial charge on any atom is -0.326 e. The van der Waals surface area contributed by atoms with E-state index in [4.69, 9.17) is 5.73 Å². The quantitative estimate of drug-likeness (QED) is 0.788. The zero-order valence-corrected chi connectivity index (χ0v) is 11.3. The lowest BCUT2D eigenvalue weighted by Gasteiger charge is -2.10. The van der Waals surface area contributed by atoms with Crippen molar-refractivity contribution in [2.45, 2.75) is 16.6 Å². The highest BCUT2D eigenvalue weighted by Gasteiger charge is 2.12. The molecule has 2 aromatic heterocycles. The number of para-hydroxylation sites is 1. The zero-order chi connectivity index (χ0) is 13.2. The molecule has 19 heavy (non-hydrogen) atoms. The van der Waals surface area contributed by atoms with Crippen LogP contribution in [0.4, 0.5) is 0 Å². The van der Waals surface area contributed by atoms with Gasteiger partial charge in [-0.3, -0.25) is 4.98 Å². The highest BCUT2D eigenvalue weighted by Crippen LogP contribution is 2.34. The molecule has 0 aliphatic heterocycles. The number of hydrogen-bond acceptors (Lipinski definition) is 5. The van der Waals surface area contributed by atoms with Gasteiger partial charge in [0.2, 0.25) is 0 Å². The molecule has 0 bridgehead atoms. The van der Waals surface area contributed by atoms with Crippen LogP contribution in [0.3, 0.4) is 0 Å². The molecule has 0 aliphatic carbocycles. The van der Waals surface area contributed by atoms with Gasteiger partial charge in [0, 0.05) is 30.1 Å². The molecule has 0 fully saturated rings. The molecular weight excluding hydrogens is 258 g/mol. The van der Waals surface area contributed by atoms with Crippen molar-refractivity contribution >= 4 is 22.7 Å². The number of hydrogen-bond donors (Lipinski definition) is 1. The number of benzene rings is 1. The van der Waals surface area contributed by atoms with Crippen LogP contribution in [0.2, 0.25) is 0 Å². The van der Waals surface area contributed by atoms with Gasteiger partial charge < -0.3 is 10.3 Å². The Kier molecular flexibility index (Phi) is 3.18. The molecule has 1 aromatic carbocycles. The summed E-state index contributed by atoms with van der Waals surface area (Å²) in [5.41, 5.74) is 7.79. The monoisotopic (exact) mass is 271 g/mol. The van der Waals surface area contributed by atoms with E-state index in [1.54, 1.807) is 18.1 Å². The van der Waals surface area contributed by atoms with E-state index in [0.29, 0.717) is 6.54 Å². The Balaban J connectivity index is 2.17. The first kappa shape index (κ1) is 12.1. The molecule has 96 valence electrons. The summed E-state index contributed by atoms with van der Waals surface area (Å²) in [6.45, 7) is 0.456. The first-order valence-corrected chi connectivity index (χ1v) is 6.70. The first-order chi connectivity index (χ1) is 9.29. The number of rotatable bonds is 3. The fourth-order valence-electron chi connectivity index (χ4n) is 1.88. The van der Waals surface area contributed by atoms with Crippen LogP contribution in [0.15, 0.2) is 46.8 Å². The van der Waals surface area contributed by atoms with Crippen molar-refractivity contribution in [2.24, 2.45) is 12.8 Å². The SMILES string of the molecule is Cn1cnnc1Sc1c(CN)cnc2ccccc12. The second kappa shape index (κ2) is 4.99. The second-order valence-electron chi connectivity index (χ2n) is 4.16. The van der Waals surface area contributed by atoms with E-state index >= 15 is 0 Å². The van der Waals surface area contributed by atoms with Crippen molar-refractivity contribution in [1.29, 1.82) is 0 Å². The Morgan fingerprint density at radius 3 is 2.89 bits per heavy atom. The summed E-state index contributed by atoms with van der Waals surface area (Å²) < 4.78 is 1.89. The zero-order valence-electron chi connectivity index (χ0n) is 10.4. The Morgan fingerprint density at radius 2 is 2.16 bits per heavy atom. The molecule has 2 N–H and O–H groups in total. The number of nitrogens with two attached hydrogens (primary N) is 1. The van der Waals surface area contributed by atoms with Crippen LogP contribution in [0.25, 0.3) is 10.9 Å². The third kappa shape index (κ3) is 2.20.